The summed E-state index contributed by atoms with van der Waals surface area (Å²) in [5.41, 5.74) is -1.45. The second-order valence-corrected chi connectivity index (χ2v) is 7.92. The molecule has 1 aromatic heterocycles. The molecule has 10 heteroatoms. The molecule has 0 radical (unpaired) electrons. The van der Waals surface area contributed by atoms with Crippen LogP contribution in [0.5, 0.6) is 0 Å². The quantitative estimate of drug-likeness (QED) is 0.503. The summed E-state index contributed by atoms with van der Waals surface area (Å²) < 4.78 is 15.8. The molecule has 2 aliphatic rings. The number of nitrogens with zero attached hydrogens (tertiary/aromatic N) is 2. The van der Waals surface area contributed by atoms with Gasteiger partial charge >= 0.3 is 17.8 Å². The molecule has 3 rings (SSSR count). The lowest BCUT2D eigenvalue weighted by molar-refractivity contribution is -0.168. The fourth-order valence-corrected chi connectivity index (χ4v) is 4.85. The zero-order chi connectivity index (χ0) is 23.3. The normalized spacial score (nSPS) is 25.7. The second-order valence-electron chi connectivity index (χ2n) is 7.92. The molecular formula is C22H30N2O8. The fraction of sp³-hybridized carbons (Fsp3) is 0.636. The van der Waals surface area contributed by atoms with E-state index in [-0.39, 0.29) is 45.0 Å². The van der Waals surface area contributed by atoms with Crippen LogP contribution in [-0.2, 0) is 28.7 Å². The zero-order valence-corrected chi connectivity index (χ0v) is 18.5. The zero-order valence-electron chi connectivity index (χ0n) is 18.5. The van der Waals surface area contributed by atoms with Crippen LogP contribution < -0.4 is 0 Å². The molecule has 32 heavy (non-hydrogen) atoms. The predicted molar refractivity (Wildman–Crippen MR) is 110 cm³/mol. The number of aliphatic hydroxyl groups is 1. The number of rotatable bonds is 6. The van der Waals surface area contributed by atoms with Crippen molar-refractivity contribution in [2.45, 2.75) is 51.1 Å². The first-order chi connectivity index (χ1) is 15.4. The van der Waals surface area contributed by atoms with Crippen LogP contribution in [0.2, 0.25) is 0 Å². The average Bonchev–Trinajstić information content (AvgIpc) is 3.38. The maximum atomic E-state index is 13.8. The lowest BCUT2D eigenvalue weighted by Gasteiger charge is -2.40. The van der Waals surface area contributed by atoms with Gasteiger partial charge in [-0.05, 0) is 51.7 Å². The molecule has 1 spiro atoms. The highest BCUT2D eigenvalue weighted by atomic mass is 16.5. The topological polar surface area (TPSA) is 127 Å². The third-order valence-electron chi connectivity index (χ3n) is 6.09. The number of ether oxygens (including phenoxy) is 2. The van der Waals surface area contributed by atoms with E-state index in [1.165, 1.54) is 16.1 Å². The summed E-state index contributed by atoms with van der Waals surface area (Å²) in [6.45, 7) is 3.64. The lowest BCUT2D eigenvalue weighted by atomic mass is 9.85. The molecular weight excluding hydrogens is 420 g/mol. The van der Waals surface area contributed by atoms with E-state index in [0.717, 1.165) is 0 Å². The van der Waals surface area contributed by atoms with Gasteiger partial charge in [-0.3, -0.25) is 14.4 Å². The fourth-order valence-electron chi connectivity index (χ4n) is 4.85. The number of likely N-dealkylation sites (tertiary alicyclic amines) is 2. The summed E-state index contributed by atoms with van der Waals surface area (Å²) >= 11 is 0. The second kappa shape index (κ2) is 10.2. The molecule has 0 aliphatic carbocycles. The van der Waals surface area contributed by atoms with Gasteiger partial charge in [0.05, 0.1) is 32.0 Å². The Kier molecular flexibility index (Phi) is 7.55. The maximum absolute atomic E-state index is 13.8. The number of amides is 2. The summed E-state index contributed by atoms with van der Waals surface area (Å²) in [5, 5.41) is 9.47. The third kappa shape index (κ3) is 4.23. The van der Waals surface area contributed by atoms with Crippen molar-refractivity contribution in [1.29, 1.82) is 0 Å². The minimum absolute atomic E-state index is 0.0108. The van der Waals surface area contributed by atoms with Crippen molar-refractivity contribution in [3.8, 4) is 0 Å². The van der Waals surface area contributed by atoms with Gasteiger partial charge in [-0.1, -0.05) is 0 Å². The van der Waals surface area contributed by atoms with Gasteiger partial charge in [0, 0.05) is 13.1 Å². The van der Waals surface area contributed by atoms with Crippen LogP contribution in [0.25, 0.3) is 0 Å². The van der Waals surface area contributed by atoms with Gasteiger partial charge in [0.2, 0.25) is 5.91 Å². The summed E-state index contributed by atoms with van der Waals surface area (Å²) in [6.07, 6.45) is 2.93. The van der Waals surface area contributed by atoms with E-state index >= 15 is 0 Å². The number of hydrogen-bond donors (Lipinski definition) is 1. The van der Waals surface area contributed by atoms with Crippen molar-refractivity contribution < 1.29 is 38.2 Å². The van der Waals surface area contributed by atoms with Crippen molar-refractivity contribution in [3.63, 3.8) is 0 Å². The Hall–Kier alpha value is -2.88. The van der Waals surface area contributed by atoms with Crippen LogP contribution in [0, 0.1) is 5.92 Å². The molecule has 2 saturated heterocycles. The van der Waals surface area contributed by atoms with Gasteiger partial charge in [-0.25, -0.2) is 4.79 Å². The van der Waals surface area contributed by atoms with Crippen molar-refractivity contribution in [2.75, 3.05) is 32.9 Å². The van der Waals surface area contributed by atoms with Gasteiger partial charge in [-0.15, -0.1) is 0 Å². The monoisotopic (exact) mass is 450 g/mol. The first-order valence-electron chi connectivity index (χ1n) is 11.0. The number of carbonyl (C=O) groups is 4. The Morgan fingerprint density at radius 2 is 1.97 bits per heavy atom. The van der Waals surface area contributed by atoms with Crippen molar-refractivity contribution in [1.82, 2.24) is 9.80 Å². The van der Waals surface area contributed by atoms with E-state index in [9.17, 15) is 24.3 Å². The van der Waals surface area contributed by atoms with Crippen LogP contribution in [0.15, 0.2) is 22.8 Å². The largest absolute Gasteiger partial charge is 0.467 e. The average molecular weight is 450 g/mol. The summed E-state index contributed by atoms with van der Waals surface area (Å²) in [7, 11) is 0. The van der Waals surface area contributed by atoms with Gasteiger partial charge in [-0.2, -0.15) is 0 Å². The van der Waals surface area contributed by atoms with Gasteiger partial charge in [0.1, 0.15) is 17.3 Å². The molecule has 1 N–H and O–H groups in total. The molecule has 2 fully saturated rings. The molecule has 10 nitrogen and oxygen atoms in total. The lowest BCUT2D eigenvalue weighted by Crippen LogP contribution is -2.59. The number of aliphatic hydroxyl groups excluding tert-OH is 1. The van der Waals surface area contributed by atoms with E-state index < -0.39 is 41.3 Å². The van der Waals surface area contributed by atoms with E-state index in [2.05, 4.69) is 0 Å². The molecule has 3 heterocycles. The van der Waals surface area contributed by atoms with E-state index in [1.54, 1.807) is 26.0 Å². The number of esters is 2. The van der Waals surface area contributed by atoms with Crippen molar-refractivity contribution in [2.24, 2.45) is 5.92 Å². The van der Waals surface area contributed by atoms with Crippen LogP contribution in [0.4, 0.5) is 0 Å². The van der Waals surface area contributed by atoms with Crippen LogP contribution in [0.3, 0.4) is 0 Å². The molecule has 0 unspecified atom stereocenters. The van der Waals surface area contributed by atoms with Crippen LogP contribution in [-0.4, -0.2) is 77.1 Å². The Bertz CT molecular complexity index is 839. The minimum Gasteiger partial charge on any atom is -0.467 e. The Morgan fingerprint density at radius 3 is 2.59 bits per heavy atom. The van der Waals surface area contributed by atoms with Crippen LogP contribution >= 0.6 is 0 Å². The standard InChI is InChI=1S/C22H30N2O8/c1-3-30-19(27)15-14-22(9-5-6-10-23(11-12-25)21(22)29)24(18(26)20(28)31-4-2)17(15)16-8-7-13-32-16/h7-8,13,15,17,25H,3-6,9-12,14H2,1-2H3/t15-,17+,22-/m0/s1. The summed E-state index contributed by atoms with van der Waals surface area (Å²) in [5.74, 6) is -3.69. The molecule has 0 saturated carbocycles. The Labute approximate surface area is 186 Å². The maximum Gasteiger partial charge on any atom is 0.397 e. The molecule has 176 valence electrons. The smallest absolute Gasteiger partial charge is 0.397 e. The van der Waals surface area contributed by atoms with Gasteiger partial charge in [0.15, 0.2) is 0 Å². The highest BCUT2D eigenvalue weighted by Crippen LogP contribution is 2.51. The Balaban J connectivity index is 2.16. The SMILES string of the molecule is CCOC(=O)C(=O)N1[C@@H](c2ccco2)[C@@H](C(=O)OCC)C[C@]12CCCCN(CCO)C2=O. The molecule has 0 aromatic carbocycles. The van der Waals surface area contributed by atoms with Crippen molar-refractivity contribution >= 4 is 23.8 Å². The summed E-state index contributed by atoms with van der Waals surface area (Å²) in [4.78, 5) is 55.4. The molecule has 0 bridgehead atoms. The molecule has 3 atom stereocenters. The Morgan fingerprint density at radius 1 is 1.22 bits per heavy atom. The predicted octanol–water partition coefficient (Wildman–Crippen LogP) is 1.04. The molecule has 1 aromatic rings. The molecule has 2 amide bonds. The van der Waals surface area contributed by atoms with Gasteiger partial charge < -0.3 is 28.8 Å². The number of furan rings is 1. The number of hydrogen-bond acceptors (Lipinski definition) is 8. The first-order valence-corrected chi connectivity index (χ1v) is 11.0. The van der Waals surface area contributed by atoms with E-state index in [1.807, 2.05) is 0 Å². The first kappa shape index (κ1) is 23.8. The number of β-amino-alcohol motifs (C(OH)–C–C–N with tert-alkyl or cyclic N) is 1. The highest BCUT2D eigenvalue weighted by Gasteiger charge is 2.63. The van der Waals surface area contributed by atoms with Crippen LogP contribution in [0.1, 0.15) is 51.3 Å². The van der Waals surface area contributed by atoms with Gasteiger partial charge in [0.25, 0.3) is 0 Å². The van der Waals surface area contributed by atoms with E-state index in [4.69, 9.17) is 13.9 Å². The van der Waals surface area contributed by atoms with Crippen molar-refractivity contribution in [3.05, 3.63) is 24.2 Å². The summed E-state index contributed by atoms with van der Waals surface area (Å²) in [6, 6.07) is 2.22. The number of carbonyl (C=O) groups excluding carboxylic acids is 4. The highest BCUT2D eigenvalue weighted by molar-refractivity contribution is 6.33. The minimum atomic E-state index is -1.45. The third-order valence-corrected chi connectivity index (χ3v) is 6.09. The van der Waals surface area contributed by atoms with E-state index in [0.29, 0.717) is 19.4 Å². The molecule has 2 aliphatic heterocycles.